The molecule has 1 unspecified atom stereocenters. The van der Waals surface area contributed by atoms with Crippen molar-refractivity contribution >= 4 is 10.0 Å². The average Bonchev–Trinajstić information content (AvgIpc) is 1.93. The molecule has 0 radical (unpaired) electrons. The lowest BCUT2D eigenvalue weighted by Crippen LogP contribution is -2.42. The number of allylic oxidation sites excluding steroid dienone is 1. The Labute approximate surface area is 70.4 Å². The average molecular weight is 190 g/mol. The van der Waals surface area contributed by atoms with Crippen molar-refractivity contribution in [2.45, 2.75) is 11.4 Å². The van der Waals surface area contributed by atoms with Crippen LogP contribution in [-0.4, -0.2) is 18.5 Å². The number of rotatable bonds is 1. The van der Waals surface area contributed by atoms with Gasteiger partial charge in [0, 0.05) is 12.1 Å². The third-order valence-corrected chi connectivity index (χ3v) is 2.95. The minimum Gasteiger partial charge on any atom is -0.399 e. The zero-order valence-electron chi connectivity index (χ0n) is 6.27. The van der Waals surface area contributed by atoms with Gasteiger partial charge in [0.2, 0.25) is 15.0 Å². The van der Waals surface area contributed by atoms with Crippen LogP contribution in [0.3, 0.4) is 0 Å². The van der Waals surface area contributed by atoms with Gasteiger partial charge in [0.25, 0.3) is 0 Å². The van der Waals surface area contributed by atoms with Crippen molar-refractivity contribution in [1.29, 1.82) is 0 Å². The van der Waals surface area contributed by atoms with E-state index >= 15 is 0 Å². The number of nitrogens with two attached hydrogens (primary N) is 2. The summed E-state index contributed by atoms with van der Waals surface area (Å²) in [5.41, 5.74) is 5.75. The first-order valence-electron chi connectivity index (χ1n) is 3.25. The lowest BCUT2D eigenvalue weighted by molar-refractivity contribution is 0.175. The summed E-state index contributed by atoms with van der Waals surface area (Å²) in [7, 11) is -3.98. The summed E-state index contributed by atoms with van der Waals surface area (Å²) in [6.45, 7) is 0. The Bertz CT molecular complexity index is 344. The van der Waals surface area contributed by atoms with Crippen LogP contribution < -0.4 is 10.9 Å². The summed E-state index contributed by atoms with van der Waals surface area (Å²) in [4.78, 5) is -1.99. The monoisotopic (exact) mass is 190 g/mol. The topological polar surface area (TPSA) is 106 Å². The van der Waals surface area contributed by atoms with Crippen molar-refractivity contribution in [3.63, 3.8) is 0 Å². The molecule has 0 aliphatic heterocycles. The molecule has 0 spiro atoms. The van der Waals surface area contributed by atoms with Gasteiger partial charge in [-0.1, -0.05) is 6.08 Å². The van der Waals surface area contributed by atoms with E-state index in [-0.39, 0.29) is 6.42 Å². The number of aliphatic hydroxyl groups is 1. The van der Waals surface area contributed by atoms with Gasteiger partial charge in [-0.25, -0.2) is 13.6 Å². The Hall–Kier alpha value is -0.850. The molecule has 0 aromatic carbocycles. The highest BCUT2D eigenvalue weighted by Crippen LogP contribution is 2.22. The van der Waals surface area contributed by atoms with E-state index in [1.165, 1.54) is 12.2 Å². The molecule has 0 amide bonds. The van der Waals surface area contributed by atoms with E-state index in [2.05, 4.69) is 0 Å². The molecule has 0 aromatic heterocycles. The first-order valence-corrected chi connectivity index (χ1v) is 4.79. The van der Waals surface area contributed by atoms with Crippen LogP contribution in [0.2, 0.25) is 0 Å². The maximum atomic E-state index is 10.8. The highest BCUT2D eigenvalue weighted by molar-refractivity contribution is 7.90. The highest BCUT2D eigenvalue weighted by Gasteiger charge is 2.36. The Balaban J connectivity index is 3.02. The number of hydrogen-bond acceptors (Lipinski definition) is 4. The molecule has 0 heterocycles. The molecule has 0 aromatic rings. The minimum atomic E-state index is -3.98. The molecule has 68 valence electrons. The number of primary sulfonamides is 1. The van der Waals surface area contributed by atoms with Crippen LogP contribution in [0.15, 0.2) is 23.9 Å². The SMILES string of the molecule is NC1=CCC(O)(S(N)(=O)=O)C=C1. The normalized spacial score (nSPS) is 30.0. The second-order valence-corrected chi connectivity index (χ2v) is 4.43. The van der Waals surface area contributed by atoms with Gasteiger partial charge in [-0.05, 0) is 12.2 Å². The van der Waals surface area contributed by atoms with Crippen molar-refractivity contribution in [3.05, 3.63) is 23.9 Å². The van der Waals surface area contributed by atoms with Crippen molar-refractivity contribution in [1.82, 2.24) is 0 Å². The van der Waals surface area contributed by atoms with Gasteiger partial charge in [-0.2, -0.15) is 0 Å². The zero-order chi connectivity index (χ0) is 9.41. The van der Waals surface area contributed by atoms with Crippen LogP contribution in [-0.2, 0) is 10.0 Å². The maximum Gasteiger partial charge on any atom is 0.243 e. The molecule has 1 atom stereocenters. The molecular weight excluding hydrogens is 180 g/mol. The molecule has 0 saturated carbocycles. The van der Waals surface area contributed by atoms with E-state index in [4.69, 9.17) is 10.9 Å². The van der Waals surface area contributed by atoms with Gasteiger partial charge in [-0.3, -0.25) is 0 Å². The van der Waals surface area contributed by atoms with E-state index in [1.807, 2.05) is 0 Å². The summed E-state index contributed by atoms with van der Waals surface area (Å²) in [5.74, 6) is 0. The maximum absolute atomic E-state index is 10.8. The van der Waals surface area contributed by atoms with E-state index < -0.39 is 15.0 Å². The van der Waals surface area contributed by atoms with Crippen LogP contribution in [0.25, 0.3) is 0 Å². The third-order valence-electron chi connectivity index (χ3n) is 1.66. The summed E-state index contributed by atoms with van der Waals surface area (Å²) in [6, 6.07) is 0. The Morgan fingerprint density at radius 3 is 2.50 bits per heavy atom. The second kappa shape index (κ2) is 2.58. The molecule has 1 aliphatic carbocycles. The van der Waals surface area contributed by atoms with E-state index in [9.17, 15) is 13.5 Å². The van der Waals surface area contributed by atoms with Gasteiger partial charge in [0.05, 0.1) is 0 Å². The summed E-state index contributed by atoms with van der Waals surface area (Å²) >= 11 is 0. The van der Waals surface area contributed by atoms with Crippen LogP contribution in [0.4, 0.5) is 0 Å². The van der Waals surface area contributed by atoms with Crippen molar-refractivity contribution in [2.24, 2.45) is 10.9 Å². The van der Waals surface area contributed by atoms with E-state index in [0.29, 0.717) is 5.70 Å². The van der Waals surface area contributed by atoms with E-state index in [1.54, 1.807) is 0 Å². The molecule has 0 bridgehead atoms. The van der Waals surface area contributed by atoms with Crippen molar-refractivity contribution in [3.8, 4) is 0 Å². The Kier molecular flexibility index (Phi) is 1.99. The van der Waals surface area contributed by atoms with E-state index in [0.717, 1.165) is 6.08 Å². The van der Waals surface area contributed by atoms with Crippen LogP contribution in [0.1, 0.15) is 6.42 Å². The molecule has 5 nitrogen and oxygen atoms in total. The zero-order valence-corrected chi connectivity index (χ0v) is 7.08. The molecule has 1 rings (SSSR count). The van der Waals surface area contributed by atoms with Gasteiger partial charge in [-0.15, -0.1) is 0 Å². The number of hydrogen-bond donors (Lipinski definition) is 3. The Morgan fingerprint density at radius 1 is 1.58 bits per heavy atom. The number of sulfonamides is 1. The molecule has 0 saturated heterocycles. The van der Waals surface area contributed by atoms with Crippen LogP contribution >= 0.6 is 0 Å². The summed E-state index contributed by atoms with van der Waals surface area (Å²) in [5, 5.41) is 14.2. The van der Waals surface area contributed by atoms with Gasteiger partial charge in [0.15, 0.2) is 0 Å². The van der Waals surface area contributed by atoms with Crippen molar-refractivity contribution in [2.75, 3.05) is 0 Å². The molecule has 12 heavy (non-hydrogen) atoms. The fourth-order valence-corrected chi connectivity index (χ4v) is 1.41. The quantitative estimate of drug-likeness (QED) is 0.481. The second-order valence-electron chi connectivity index (χ2n) is 2.63. The smallest absolute Gasteiger partial charge is 0.243 e. The molecular formula is C6H10N2O3S. The molecule has 0 fully saturated rings. The first kappa shape index (κ1) is 9.24. The summed E-state index contributed by atoms with van der Waals surface area (Å²) in [6.07, 6.45) is 3.70. The molecule has 6 heteroatoms. The standard InChI is InChI=1S/C6H10N2O3S/c7-5-1-3-6(9,4-2-5)12(8,10)11/h1-3,9H,4,7H2,(H2,8,10,11). The Morgan fingerprint density at radius 2 is 2.17 bits per heavy atom. The van der Waals surface area contributed by atoms with Crippen LogP contribution in [0.5, 0.6) is 0 Å². The fourth-order valence-electron chi connectivity index (χ4n) is 0.838. The fraction of sp³-hybridized carbons (Fsp3) is 0.333. The van der Waals surface area contributed by atoms with Crippen LogP contribution in [0, 0.1) is 0 Å². The minimum absolute atomic E-state index is 0.103. The third kappa shape index (κ3) is 1.50. The predicted octanol–water partition coefficient (Wildman–Crippen LogP) is -1.23. The largest absolute Gasteiger partial charge is 0.399 e. The predicted molar refractivity (Wildman–Crippen MR) is 44.1 cm³/mol. The first-order chi connectivity index (χ1) is 5.35. The lowest BCUT2D eigenvalue weighted by Gasteiger charge is -2.22. The highest BCUT2D eigenvalue weighted by atomic mass is 32.2. The van der Waals surface area contributed by atoms with Gasteiger partial charge in [0.1, 0.15) is 0 Å². The van der Waals surface area contributed by atoms with Gasteiger partial charge < -0.3 is 10.8 Å². The lowest BCUT2D eigenvalue weighted by atomic mass is 10.1. The molecule has 5 N–H and O–H groups in total. The van der Waals surface area contributed by atoms with Gasteiger partial charge >= 0.3 is 0 Å². The summed E-state index contributed by atoms with van der Waals surface area (Å²) < 4.78 is 21.6. The molecule has 1 aliphatic rings. The van der Waals surface area contributed by atoms with Crippen molar-refractivity contribution < 1.29 is 13.5 Å².